The SMILES string of the molecule is NC(=S)c1ccc(OCC2CCCCO2)c(C(F)(F)F)c1. The maximum atomic E-state index is 13.1. The Morgan fingerprint density at radius 3 is 2.71 bits per heavy atom. The predicted molar refractivity (Wildman–Crippen MR) is 76.4 cm³/mol. The van der Waals surface area contributed by atoms with Crippen molar-refractivity contribution in [3.63, 3.8) is 0 Å². The lowest BCUT2D eigenvalue weighted by Crippen LogP contribution is -2.26. The fourth-order valence-corrected chi connectivity index (χ4v) is 2.28. The van der Waals surface area contributed by atoms with Crippen molar-refractivity contribution in [2.24, 2.45) is 5.73 Å². The van der Waals surface area contributed by atoms with Crippen LogP contribution in [-0.4, -0.2) is 24.3 Å². The summed E-state index contributed by atoms with van der Waals surface area (Å²) in [5.41, 5.74) is 4.66. The Bertz CT molecular complexity index is 513. The molecular formula is C14H16F3NO2S. The normalized spacial score (nSPS) is 19.3. The smallest absolute Gasteiger partial charge is 0.419 e. The van der Waals surface area contributed by atoms with E-state index in [2.05, 4.69) is 0 Å². The molecule has 0 spiro atoms. The number of nitrogens with two attached hydrogens (primary N) is 1. The molecule has 0 saturated carbocycles. The van der Waals surface area contributed by atoms with Crippen molar-refractivity contribution in [1.82, 2.24) is 0 Å². The zero-order valence-electron chi connectivity index (χ0n) is 11.3. The van der Waals surface area contributed by atoms with E-state index < -0.39 is 11.7 Å². The van der Waals surface area contributed by atoms with E-state index in [-0.39, 0.29) is 29.0 Å². The van der Waals surface area contributed by atoms with Crippen molar-refractivity contribution in [3.8, 4) is 5.75 Å². The molecule has 3 nitrogen and oxygen atoms in total. The second kappa shape index (κ2) is 6.62. The minimum atomic E-state index is -4.52. The van der Waals surface area contributed by atoms with Gasteiger partial charge in [-0.3, -0.25) is 0 Å². The average Bonchev–Trinajstić information content (AvgIpc) is 2.45. The van der Waals surface area contributed by atoms with E-state index in [1.165, 1.54) is 12.1 Å². The van der Waals surface area contributed by atoms with Crippen LogP contribution in [0, 0.1) is 0 Å². The molecule has 0 aliphatic carbocycles. The molecule has 21 heavy (non-hydrogen) atoms. The molecule has 0 radical (unpaired) electrons. The third-order valence-corrected chi connectivity index (χ3v) is 3.50. The van der Waals surface area contributed by atoms with E-state index in [0.29, 0.717) is 6.61 Å². The van der Waals surface area contributed by atoms with Crippen LogP contribution < -0.4 is 10.5 Å². The van der Waals surface area contributed by atoms with Crippen molar-refractivity contribution in [1.29, 1.82) is 0 Å². The molecule has 1 heterocycles. The van der Waals surface area contributed by atoms with Crippen molar-refractivity contribution in [2.45, 2.75) is 31.5 Å². The first kappa shape index (κ1) is 16.0. The maximum absolute atomic E-state index is 13.1. The summed E-state index contributed by atoms with van der Waals surface area (Å²) in [4.78, 5) is -0.0809. The number of hydrogen-bond donors (Lipinski definition) is 1. The van der Waals surface area contributed by atoms with E-state index in [0.717, 1.165) is 25.3 Å². The van der Waals surface area contributed by atoms with Gasteiger partial charge in [0.05, 0.1) is 11.7 Å². The quantitative estimate of drug-likeness (QED) is 0.865. The van der Waals surface area contributed by atoms with Gasteiger partial charge < -0.3 is 15.2 Å². The third kappa shape index (κ3) is 4.31. The number of hydrogen-bond acceptors (Lipinski definition) is 3. The Balaban J connectivity index is 2.15. The summed E-state index contributed by atoms with van der Waals surface area (Å²) in [6, 6.07) is 3.59. The van der Waals surface area contributed by atoms with Crippen LogP contribution in [0.1, 0.15) is 30.4 Å². The molecular weight excluding hydrogens is 303 g/mol. The number of rotatable bonds is 4. The molecule has 2 N–H and O–H groups in total. The second-order valence-electron chi connectivity index (χ2n) is 4.87. The number of ether oxygens (including phenoxy) is 2. The summed E-state index contributed by atoms with van der Waals surface area (Å²) in [6.45, 7) is 0.732. The topological polar surface area (TPSA) is 44.5 Å². The molecule has 1 aliphatic heterocycles. The highest BCUT2D eigenvalue weighted by molar-refractivity contribution is 7.80. The molecule has 0 bridgehead atoms. The lowest BCUT2D eigenvalue weighted by Gasteiger charge is -2.23. The molecule has 1 aromatic rings. The zero-order chi connectivity index (χ0) is 15.5. The van der Waals surface area contributed by atoms with Gasteiger partial charge in [-0.25, -0.2) is 0 Å². The highest BCUT2D eigenvalue weighted by Gasteiger charge is 2.35. The van der Waals surface area contributed by atoms with E-state index in [1.54, 1.807) is 0 Å². The number of benzene rings is 1. The van der Waals surface area contributed by atoms with Crippen LogP contribution in [0.2, 0.25) is 0 Å². The Kier molecular flexibility index (Phi) is 5.05. The van der Waals surface area contributed by atoms with Gasteiger partial charge in [-0.1, -0.05) is 12.2 Å². The molecule has 1 fully saturated rings. The van der Waals surface area contributed by atoms with Crippen LogP contribution in [0.4, 0.5) is 13.2 Å². The molecule has 2 rings (SSSR count). The van der Waals surface area contributed by atoms with Crippen molar-refractivity contribution < 1.29 is 22.6 Å². The van der Waals surface area contributed by atoms with Gasteiger partial charge in [0.1, 0.15) is 17.3 Å². The highest BCUT2D eigenvalue weighted by Crippen LogP contribution is 2.37. The predicted octanol–water partition coefficient (Wildman–Crippen LogP) is 3.29. The monoisotopic (exact) mass is 319 g/mol. The largest absolute Gasteiger partial charge is 0.490 e. The standard InChI is InChI=1S/C14H16F3NO2S/c15-14(16,17)11-7-9(13(18)21)4-5-12(11)20-8-10-3-1-2-6-19-10/h4-5,7,10H,1-3,6,8H2,(H2,18,21). The number of halogens is 3. The van der Waals surface area contributed by atoms with Gasteiger partial charge in [-0.15, -0.1) is 0 Å². The molecule has 1 atom stereocenters. The molecule has 0 amide bonds. The second-order valence-corrected chi connectivity index (χ2v) is 5.31. The van der Waals surface area contributed by atoms with Crippen LogP contribution >= 0.6 is 12.2 Å². The molecule has 116 valence electrons. The molecule has 7 heteroatoms. The fourth-order valence-electron chi connectivity index (χ4n) is 2.15. The Hall–Kier alpha value is -1.34. The average molecular weight is 319 g/mol. The minimum Gasteiger partial charge on any atom is -0.490 e. The van der Waals surface area contributed by atoms with Gasteiger partial charge in [-0.05, 0) is 37.5 Å². The van der Waals surface area contributed by atoms with Gasteiger partial charge in [-0.2, -0.15) is 13.2 Å². The van der Waals surface area contributed by atoms with Crippen LogP contribution in [0.25, 0.3) is 0 Å². The summed E-state index contributed by atoms with van der Waals surface area (Å²) in [6.07, 6.45) is -1.90. The van der Waals surface area contributed by atoms with E-state index >= 15 is 0 Å². The van der Waals surface area contributed by atoms with E-state index in [1.807, 2.05) is 0 Å². The summed E-state index contributed by atoms with van der Waals surface area (Å²) in [5, 5.41) is 0. The number of thiocarbonyl (C=S) groups is 1. The van der Waals surface area contributed by atoms with Gasteiger partial charge in [0.15, 0.2) is 0 Å². The lowest BCUT2D eigenvalue weighted by molar-refractivity contribution is -0.139. The van der Waals surface area contributed by atoms with Crippen molar-refractivity contribution in [2.75, 3.05) is 13.2 Å². The van der Waals surface area contributed by atoms with E-state index in [4.69, 9.17) is 27.4 Å². The van der Waals surface area contributed by atoms with Crippen LogP contribution in [0.15, 0.2) is 18.2 Å². The maximum Gasteiger partial charge on any atom is 0.419 e. The first-order valence-corrected chi connectivity index (χ1v) is 7.04. The molecule has 0 aromatic heterocycles. The van der Waals surface area contributed by atoms with Crippen LogP contribution in [0.3, 0.4) is 0 Å². The van der Waals surface area contributed by atoms with Crippen LogP contribution in [0.5, 0.6) is 5.75 Å². The Morgan fingerprint density at radius 2 is 2.14 bits per heavy atom. The summed E-state index contributed by atoms with van der Waals surface area (Å²) in [7, 11) is 0. The Labute approximate surface area is 126 Å². The molecule has 1 unspecified atom stereocenters. The fraction of sp³-hybridized carbons (Fsp3) is 0.500. The van der Waals surface area contributed by atoms with Gasteiger partial charge in [0.2, 0.25) is 0 Å². The molecule has 1 aliphatic rings. The first-order chi connectivity index (χ1) is 9.88. The summed E-state index contributed by atoms with van der Waals surface area (Å²) >= 11 is 4.70. The zero-order valence-corrected chi connectivity index (χ0v) is 12.1. The Morgan fingerprint density at radius 1 is 1.38 bits per heavy atom. The molecule has 1 saturated heterocycles. The van der Waals surface area contributed by atoms with Gasteiger partial charge in [0, 0.05) is 12.2 Å². The van der Waals surface area contributed by atoms with Crippen LogP contribution in [-0.2, 0) is 10.9 Å². The molecule has 1 aromatic carbocycles. The summed E-state index contributed by atoms with van der Waals surface area (Å²) in [5.74, 6) is -0.225. The minimum absolute atomic E-state index is 0.0809. The van der Waals surface area contributed by atoms with Gasteiger partial charge in [0.25, 0.3) is 0 Å². The lowest BCUT2D eigenvalue weighted by atomic mass is 10.1. The van der Waals surface area contributed by atoms with Crippen molar-refractivity contribution >= 4 is 17.2 Å². The first-order valence-electron chi connectivity index (χ1n) is 6.63. The third-order valence-electron chi connectivity index (χ3n) is 3.27. The highest BCUT2D eigenvalue weighted by atomic mass is 32.1. The number of alkyl halides is 3. The van der Waals surface area contributed by atoms with E-state index in [9.17, 15) is 13.2 Å². The summed E-state index contributed by atoms with van der Waals surface area (Å²) < 4.78 is 49.9. The van der Waals surface area contributed by atoms with Crippen molar-refractivity contribution in [3.05, 3.63) is 29.3 Å². The van der Waals surface area contributed by atoms with Gasteiger partial charge >= 0.3 is 6.18 Å².